The molecular weight excluding hydrogens is 232 g/mol. The molecule has 1 aliphatic rings. The lowest BCUT2D eigenvalue weighted by Crippen LogP contribution is -2.21. The zero-order valence-corrected chi connectivity index (χ0v) is 9.37. The highest BCUT2D eigenvalue weighted by Crippen LogP contribution is 2.41. The second kappa shape index (κ2) is 5.42. The summed E-state index contributed by atoms with van der Waals surface area (Å²) in [5, 5.41) is 0. The van der Waals surface area contributed by atoms with Gasteiger partial charge in [0.1, 0.15) is 18.3 Å². The molecule has 3 unspecified atom stereocenters. The maximum absolute atomic E-state index is 11.3. The van der Waals surface area contributed by atoms with E-state index in [2.05, 4.69) is 9.47 Å². The molecule has 3 atom stereocenters. The van der Waals surface area contributed by atoms with E-state index in [1.54, 1.807) is 6.92 Å². The van der Waals surface area contributed by atoms with Crippen LogP contribution in [0, 0.1) is 11.8 Å². The number of aldehydes is 1. The summed E-state index contributed by atoms with van der Waals surface area (Å²) in [5.41, 5.74) is 0. The largest absolute Gasteiger partial charge is 0.466 e. The Kier molecular flexibility index (Phi) is 4.19. The fourth-order valence-electron chi connectivity index (χ4n) is 1.40. The van der Waals surface area contributed by atoms with Crippen LogP contribution in [0.5, 0.6) is 0 Å². The Balaban J connectivity index is 2.55. The first-order valence-electron chi connectivity index (χ1n) is 4.97. The van der Waals surface area contributed by atoms with Crippen LogP contribution < -0.4 is 0 Å². The summed E-state index contributed by atoms with van der Waals surface area (Å²) in [6, 6.07) is 0. The first kappa shape index (κ1) is 13.1. The van der Waals surface area contributed by atoms with E-state index >= 15 is 0 Å². The van der Waals surface area contributed by atoms with Gasteiger partial charge in [0.15, 0.2) is 0 Å². The maximum atomic E-state index is 11.3. The van der Waals surface area contributed by atoms with Crippen molar-refractivity contribution in [2.24, 2.45) is 11.8 Å². The summed E-state index contributed by atoms with van der Waals surface area (Å²) in [6.07, 6.45) is -0.435. The molecule has 94 valence electrons. The van der Waals surface area contributed by atoms with Crippen molar-refractivity contribution in [2.75, 3.05) is 13.7 Å². The molecule has 0 aromatic rings. The summed E-state index contributed by atoms with van der Waals surface area (Å²) >= 11 is 0. The Morgan fingerprint density at radius 1 is 1.24 bits per heavy atom. The van der Waals surface area contributed by atoms with Gasteiger partial charge in [-0.05, 0) is 6.92 Å². The molecule has 0 spiro atoms. The molecule has 7 heteroatoms. The van der Waals surface area contributed by atoms with Crippen LogP contribution in [-0.4, -0.2) is 44.0 Å². The van der Waals surface area contributed by atoms with Gasteiger partial charge in [0.05, 0.1) is 19.6 Å². The number of hydrogen-bond acceptors (Lipinski definition) is 7. The predicted octanol–water partition coefficient (Wildman–Crippen LogP) is -0.921. The number of methoxy groups -OCH3 is 1. The third kappa shape index (κ3) is 2.80. The fourth-order valence-corrected chi connectivity index (χ4v) is 1.40. The molecule has 0 N–H and O–H groups in total. The monoisotopic (exact) mass is 244 g/mol. The Hall–Kier alpha value is -1.92. The lowest BCUT2D eigenvalue weighted by Gasteiger charge is -2.02. The van der Waals surface area contributed by atoms with E-state index in [4.69, 9.17) is 4.74 Å². The molecule has 1 fully saturated rings. The van der Waals surface area contributed by atoms with Gasteiger partial charge in [-0.1, -0.05) is 0 Å². The molecule has 1 rings (SSSR count). The second-order valence-electron chi connectivity index (χ2n) is 3.35. The number of hydrogen-bond donors (Lipinski definition) is 0. The average molecular weight is 244 g/mol. The zero-order valence-electron chi connectivity index (χ0n) is 9.37. The minimum absolute atomic E-state index is 0.165. The zero-order chi connectivity index (χ0) is 13.0. The molecule has 1 saturated carbocycles. The van der Waals surface area contributed by atoms with Gasteiger partial charge in [-0.15, -0.1) is 0 Å². The lowest BCUT2D eigenvalue weighted by atomic mass is 10.3. The van der Waals surface area contributed by atoms with Gasteiger partial charge in [0, 0.05) is 0 Å². The summed E-state index contributed by atoms with van der Waals surface area (Å²) in [5.74, 6) is -4.59. The third-order valence-corrected chi connectivity index (χ3v) is 2.32. The van der Waals surface area contributed by atoms with Crippen molar-refractivity contribution in [1.29, 1.82) is 0 Å². The van der Waals surface area contributed by atoms with Gasteiger partial charge in [-0.2, -0.15) is 0 Å². The topological polar surface area (TPSA) is 96.0 Å². The van der Waals surface area contributed by atoms with E-state index in [0.29, 0.717) is 6.29 Å². The van der Waals surface area contributed by atoms with Crippen molar-refractivity contribution >= 4 is 24.2 Å². The molecule has 0 aromatic carbocycles. The summed E-state index contributed by atoms with van der Waals surface area (Å²) in [4.78, 5) is 43.7. The lowest BCUT2D eigenvalue weighted by molar-refractivity contribution is -0.167. The van der Waals surface area contributed by atoms with Crippen LogP contribution in [0.25, 0.3) is 0 Å². The van der Waals surface area contributed by atoms with Gasteiger partial charge < -0.3 is 19.0 Å². The second-order valence-corrected chi connectivity index (χ2v) is 3.35. The molecule has 7 nitrogen and oxygen atoms in total. The Morgan fingerprint density at radius 3 is 2.35 bits per heavy atom. The number of esters is 3. The van der Waals surface area contributed by atoms with Crippen LogP contribution in [0.4, 0.5) is 0 Å². The SMILES string of the molecule is CCOC(=O)C1C(C=O)C1OC(=O)C(=O)OC. The van der Waals surface area contributed by atoms with Crippen molar-refractivity contribution < 1.29 is 33.4 Å². The fraction of sp³-hybridized carbons (Fsp3) is 0.600. The molecular formula is C10H12O7. The summed E-state index contributed by atoms with van der Waals surface area (Å²) in [6.45, 7) is 1.78. The van der Waals surface area contributed by atoms with E-state index < -0.39 is 35.8 Å². The van der Waals surface area contributed by atoms with E-state index in [0.717, 1.165) is 7.11 Å². The van der Waals surface area contributed by atoms with Crippen molar-refractivity contribution in [2.45, 2.75) is 13.0 Å². The smallest absolute Gasteiger partial charge is 0.417 e. The molecule has 0 radical (unpaired) electrons. The van der Waals surface area contributed by atoms with Crippen LogP contribution in [0.2, 0.25) is 0 Å². The Bertz CT molecular complexity index is 349. The van der Waals surface area contributed by atoms with E-state index in [9.17, 15) is 19.2 Å². The Labute approximate surface area is 97.0 Å². The standard InChI is InChI=1S/C10H12O7/c1-3-16-8(12)6-5(4-11)7(6)17-10(14)9(13)15-2/h4-7H,3H2,1-2H3. The normalized spacial score (nSPS) is 25.6. The first-order chi connectivity index (χ1) is 8.06. The highest BCUT2D eigenvalue weighted by atomic mass is 16.6. The summed E-state index contributed by atoms with van der Waals surface area (Å²) < 4.78 is 13.5. The van der Waals surface area contributed by atoms with Crippen molar-refractivity contribution in [3.05, 3.63) is 0 Å². The van der Waals surface area contributed by atoms with Crippen LogP contribution in [0.1, 0.15) is 6.92 Å². The Morgan fingerprint density at radius 2 is 1.88 bits per heavy atom. The third-order valence-electron chi connectivity index (χ3n) is 2.32. The maximum Gasteiger partial charge on any atom is 0.417 e. The van der Waals surface area contributed by atoms with Crippen molar-refractivity contribution in [1.82, 2.24) is 0 Å². The summed E-state index contributed by atoms with van der Waals surface area (Å²) in [7, 11) is 1.02. The van der Waals surface area contributed by atoms with Gasteiger partial charge in [0.2, 0.25) is 0 Å². The van der Waals surface area contributed by atoms with Crippen LogP contribution in [0.3, 0.4) is 0 Å². The molecule has 0 bridgehead atoms. The minimum Gasteiger partial charge on any atom is -0.466 e. The van der Waals surface area contributed by atoms with E-state index in [1.807, 2.05) is 0 Å². The number of carbonyl (C=O) groups is 4. The van der Waals surface area contributed by atoms with Crippen molar-refractivity contribution in [3.63, 3.8) is 0 Å². The van der Waals surface area contributed by atoms with Gasteiger partial charge in [-0.25, -0.2) is 9.59 Å². The molecule has 1 aliphatic carbocycles. The quantitative estimate of drug-likeness (QED) is 0.273. The highest BCUT2D eigenvalue weighted by molar-refractivity contribution is 6.29. The molecule has 17 heavy (non-hydrogen) atoms. The molecule has 0 saturated heterocycles. The van der Waals surface area contributed by atoms with Crippen LogP contribution in [-0.2, 0) is 33.4 Å². The molecule has 0 amide bonds. The number of rotatable bonds is 4. The van der Waals surface area contributed by atoms with Crippen LogP contribution in [0.15, 0.2) is 0 Å². The first-order valence-corrected chi connectivity index (χ1v) is 4.97. The number of ether oxygens (including phenoxy) is 3. The number of carbonyl (C=O) groups excluding carboxylic acids is 4. The molecule has 0 aromatic heterocycles. The van der Waals surface area contributed by atoms with Gasteiger partial charge in [-0.3, -0.25) is 4.79 Å². The molecule has 0 aliphatic heterocycles. The average Bonchev–Trinajstić information content (AvgIpc) is 3.01. The van der Waals surface area contributed by atoms with E-state index in [1.165, 1.54) is 0 Å². The predicted molar refractivity (Wildman–Crippen MR) is 51.6 cm³/mol. The van der Waals surface area contributed by atoms with Gasteiger partial charge >= 0.3 is 17.9 Å². The highest BCUT2D eigenvalue weighted by Gasteiger charge is 2.59. The van der Waals surface area contributed by atoms with Crippen LogP contribution >= 0.6 is 0 Å². The van der Waals surface area contributed by atoms with Crippen molar-refractivity contribution in [3.8, 4) is 0 Å². The van der Waals surface area contributed by atoms with E-state index in [-0.39, 0.29) is 6.61 Å². The van der Waals surface area contributed by atoms with Gasteiger partial charge in [0.25, 0.3) is 0 Å². The minimum atomic E-state index is -1.23. The molecule has 0 heterocycles.